The maximum absolute atomic E-state index is 12.1. The highest BCUT2D eigenvalue weighted by atomic mass is 16.6. The fourth-order valence-electron chi connectivity index (χ4n) is 2.00. The number of alkyl carbamates (subject to hydrolysis) is 1. The monoisotopic (exact) mass is 362 g/mol. The van der Waals surface area contributed by atoms with E-state index in [0.29, 0.717) is 12.8 Å². The van der Waals surface area contributed by atoms with Crippen LogP contribution in [0.5, 0.6) is 0 Å². The van der Waals surface area contributed by atoms with Gasteiger partial charge in [0.1, 0.15) is 5.60 Å². The van der Waals surface area contributed by atoms with Crippen LogP contribution in [0.1, 0.15) is 61.3 Å². The summed E-state index contributed by atoms with van der Waals surface area (Å²) in [5.41, 5.74) is -1.24. The first-order valence-electron chi connectivity index (χ1n) is 8.56. The number of carbonyl (C=O) groups excluding carboxylic acids is 2. The van der Waals surface area contributed by atoms with Crippen molar-refractivity contribution >= 4 is 12.0 Å². The highest BCUT2D eigenvalue weighted by molar-refractivity contribution is 5.82. The highest BCUT2D eigenvalue weighted by Crippen LogP contribution is 2.10. The summed E-state index contributed by atoms with van der Waals surface area (Å²) in [6, 6.07) is -0.791. The zero-order valence-corrected chi connectivity index (χ0v) is 16.4. The Balaban J connectivity index is 4.62. The molecule has 0 aromatic carbocycles. The number of ether oxygens (including phenoxy) is 2. The van der Waals surface area contributed by atoms with Crippen LogP contribution in [0, 0.1) is 0 Å². The molecule has 8 nitrogen and oxygen atoms in total. The molecule has 0 aliphatic rings. The first kappa shape index (κ1) is 23.6. The molecule has 0 spiro atoms. The van der Waals surface area contributed by atoms with E-state index < -0.39 is 41.6 Å². The topological polar surface area (TPSA) is 117 Å². The molecule has 25 heavy (non-hydrogen) atoms. The second kappa shape index (κ2) is 9.94. The zero-order valence-electron chi connectivity index (χ0n) is 16.4. The van der Waals surface area contributed by atoms with Crippen molar-refractivity contribution in [2.45, 2.75) is 90.9 Å². The van der Waals surface area contributed by atoms with Gasteiger partial charge in [-0.05, 0) is 48.0 Å². The fraction of sp³-hybridized carbons (Fsp3) is 0.882. The maximum Gasteiger partial charge on any atom is 0.407 e. The van der Waals surface area contributed by atoms with E-state index in [2.05, 4.69) is 10.6 Å². The minimum atomic E-state index is -1.46. The van der Waals surface area contributed by atoms with Gasteiger partial charge in [0.05, 0.1) is 18.2 Å². The summed E-state index contributed by atoms with van der Waals surface area (Å²) in [6.07, 6.45) is -2.31. The number of carbonyl (C=O) groups is 2. The molecule has 0 aromatic heterocycles. The Bertz CT molecular complexity index is 428. The van der Waals surface area contributed by atoms with Crippen LogP contribution >= 0.6 is 0 Å². The molecule has 0 aromatic rings. The molecule has 148 valence electrons. The van der Waals surface area contributed by atoms with Crippen LogP contribution in [-0.2, 0) is 14.3 Å². The van der Waals surface area contributed by atoms with Crippen LogP contribution in [0.15, 0.2) is 0 Å². The van der Waals surface area contributed by atoms with Crippen LogP contribution in [0.25, 0.3) is 0 Å². The molecular formula is C17H34N2O6. The van der Waals surface area contributed by atoms with Crippen LogP contribution in [0.2, 0.25) is 0 Å². The van der Waals surface area contributed by atoms with Crippen molar-refractivity contribution < 1.29 is 29.3 Å². The number of aliphatic hydroxyl groups excluding tert-OH is 2. The number of hydrogen-bond acceptors (Lipinski definition) is 6. The van der Waals surface area contributed by atoms with Crippen molar-refractivity contribution in [3.05, 3.63) is 0 Å². The van der Waals surface area contributed by atoms with Crippen LogP contribution in [-0.4, -0.2) is 58.4 Å². The molecule has 3 unspecified atom stereocenters. The lowest BCUT2D eigenvalue weighted by atomic mass is 10.1. The average Bonchev–Trinajstić information content (AvgIpc) is 2.39. The van der Waals surface area contributed by atoms with Crippen molar-refractivity contribution in [1.29, 1.82) is 0 Å². The molecular weight excluding hydrogens is 328 g/mol. The summed E-state index contributed by atoms with van der Waals surface area (Å²) >= 11 is 0. The number of amides is 2. The van der Waals surface area contributed by atoms with Crippen molar-refractivity contribution in [2.24, 2.45) is 0 Å². The lowest BCUT2D eigenvalue weighted by molar-refractivity contribution is -0.165. The summed E-state index contributed by atoms with van der Waals surface area (Å²) in [4.78, 5) is 23.9. The molecule has 3 atom stereocenters. The summed E-state index contributed by atoms with van der Waals surface area (Å²) in [5, 5.41) is 24.8. The van der Waals surface area contributed by atoms with E-state index in [0.717, 1.165) is 0 Å². The average molecular weight is 362 g/mol. The Kier molecular flexibility index (Phi) is 9.39. The van der Waals surface area contributed by atoms with Crippen LogP contribution in [0.4, 0.5) is 4.79 Å². The fourth-order valence-corrected chi connectivity index (χ4v) is 2.00. The van der Waals surface area contributed by atoms with Crippen LogP contribution < -0.4 is 10.6 Å². The minimum absolute atomic E-state index is 0.168. The third kappa shape index (κ3) is 11.7. The standard InChI is InChI=1S/C17H34N2O6/c1-8-9-11(19-15(23)25-17(5,6)7)13(21)14(22)18-10-12(20)24-16(2,3)4/h11-13,20-21H,8-10H2,1-7H3,(H,18,22)(H,19,23). The molecule has 4 N–H and O–H groups in total. The Hall–Kier alpha value is -1.38. The molecule has 0 radical (unpaired) electrons. The maximum atomic E-state index is 12.1. The predicted molar refractivity (Wildman–Crippen MR) is 93.9 cm³/mol. The lowest BCUT2D eigenvalue weighted by Crippen LogP contribution is -2.52. The van der Waals surface area contributed by atoms with Gasteiger partial charge in [-0.2, -0.15) is 0 Å². The van der Waals surface area contributed by atoms with E-state index in [1.807, 2.05) is 6.92 Å². The smallest absolute Gasteiger partial charge is 0.407 e. The van der Waals surface area contributed by atoms with E-state index in [9.17, 15) is 19.8 Å². The van der Waals surface area contributed by atoms with Gasteiger partial charge in [-0.3, -0.25) is 4.79 Å². The molecule has 8 heteroatoms. The third-order valence-electron chi connectivity index (χ3n) is 2.89. The van der Waals surface area contributed by atoms with Gasteiger partial charge in [0.25, 0.3) is 5.91 Å². The van der Waals surface area contributed by atoms with Gasteiger partial charge in [0.2, 0.25) is 0 Å². The highest BCUT2D eigenvalue weighted by Gasteiger charge is 2.29. The molecule has 0 fully saturated rings. The normalized spacial score (nSPS) is 15.9. The molecule has 0 rings (SSSR count). The first-order chi connectivity index (χ1) is 11.2. The minimum Gasteiger partial charge on any atom is -0.444 e. The van der Waals surface area contributed by atoms with E-state index >= 15 is 0 Å². The quantitative estimate of drug-likeness (QED) is 0.483. The second-order valence-corrected chi connectivity index (χ2v) is 7.92. The van der Waals surface area contributed by atoms with Gasteiger partial charge < -0.3 is 30.3 Å². The molecule has 0 aliphatic carbocycles. The SMILES string of the molecule is CCCC(NC(=O)OC(C)(C)C)C(O)C(=O)NCC(O)OC(C)(C)C. The van der Waals surface area contributed by atoms with Gasteiger partial charge in [-0.15, -0.1) is 0 Å². The molecule has 0 aliphatic heterocycles. The van der Waals surface area contributed by atoms with E-state index in [-0.39, 0.29) is 6.54 Å². The van der Waals surface area contributed by atoms with Gasteiger partial charge in [-0.1, -0.05) is 13.3 Å². The Labute approximate surface area is 150 Å². The number of aliphatic hydroxyl groups is 2. The molecule has 0 heterocycles. The number of hydrogen-bond donors (Lipinski definition) is 4. The second-order valence-electron chi connectivity index (χ2n) is 7.92. The van der Waals surface area contributed by atoms with Gasteiger partial charge in [0.15, 0.2) is 12.4 Å². The van der Waals surface area contributed by atoms with E-state index in [1.165, 1.54) is 0 Å². The molecule has 0 saturated heterocycles. The first-order valence-corrected chi connectivity index (χ1v) is 8.56. The van der Waals surface area contributed by atoms with Gasteiger partial charge in [-0.25, -0.2) is 4.79 Å². The zero-order chi connectivity index (χ0) is 19.8. The van der Waals surface area contributed by atoms with Crippen LogP contribution in [0.3, 0.4) is 0 Å². The largest absolute Gasteiger partial charge is 0.444 e. The van der Waals surface area contributed by atoms with Crippen molar-refractivity contribution in [1.82, 2.24) is 10.6 Å². The Morgan fingerprint density at radius 2 is 1.60 bits per heavy atom. The summed E-state index contributed by atoms with van der Waals surface area (Å²) in [6.45, 7) is 12.2. The van der Waals surface area contributed by atoms with Gasteiger partial charge in [0, 0.05) is 0 Å². The molecule has 2 amide bonds. The summed E-state index contributed by atoms with van der Waals surface area (Å²) in [5.74, 6) is -0.703. The van der Waals surface area contributed by atoms with E-state index in [1.54, 1.807) is 41.5 Å². The van der Waals surface area contributed by atoms with Gasteiger partial charge >= 0.3 is 6.09 Å². The van der Waals surface area contributed by atoms with E-state index in [4.69, 9.17) is 9.47 Å². The van der Waals surface area contributed by atoms with Crippen molar-refractivity contribution in [3.63, 3.8) is 0 Å². The summed E-state index contributed by atoms with van der Waals surface area (Å²) in [7, 11) is 0. The third-order valence-corrected chi connectivity index (χ3v) is 2.89. The lowest BCUT2D eigenvalue weighted by Gasteiger charge is -2.27. The Morgan fingerprint density at radius 1 is 1.04 bits per heavy atom. The predicted octanol–water partition coefficient (Wildman–Crippen LogP) is 1.29. The number of nitrogens with one attached hydrogen (secondary N) is 2. The van der Waals surface area contributed by atoms with Crippen molar-refractivity contribution in [2.75, 3.05) is 6.54 Å². The summed E-state index contributed by atoms with van der Waals surface area (Å²) < 4.78 is 10.4. The Morgan fingerprint density at radius 3 is 2.04 bits per heavy atom. The van der Waals surface area contributed by atoms with Crippen molar-refractivity contribution in [3.8, 4) is 0 Å². The number of rotatable bonds is 8. The molecule has 0 saturated carbocycles. The molecule has 0 bridgehead atoms.